The van der Waals surface area contributed by atoms with E-state index in [1.807, 2.05) is 0 Å². The molecule has 0 aliphatic rings. The van der Waals surface area contributed by atoms with Gasteiger partial charge in [0.25, 0.3) is 0 Å². The van der Waals surface area contributed by atoms with Crippen LogP contribution >= 0.6 is 24.8 Å². The van der Waals surface area contributed by atoms with E-state index in [0.717, 1.165) is 6.54 Å². The number of rotatable bonds is 6. The minimum atomic E-state index is 0. The fourth-order valence-electron chi connectivity index (χ4n) is 0.796. The third kappa shape index (κ3) is 16.7. The Balaban J connectivity index is -0.000000405. The Morgan fingerprint density at radius 2 is 1.83 bits per heavy atom. The normalized spacial score (nSPS) is 9.17. The standard InChI is InChI=1S/C8H18N2.2ClH/c1-2-3-4-5-7-10-8-6-9;;/h8H,2-7,9H2,1H3;2*1H. The van der Waals surface area contributed by atoms with Crippen molar-refractivity contribution in [3.8, 4) is 0 Å². The van der Waals surface area contributed by atoms with E-state index in [0.29, 0.717) is 6.54 Å². The Kier molecular flexibility index (Phi) is 26.1. The van der Waals surface area contributed by atoms with Crippen LogP contribution in [0.1, 0.15) is 32.6 Å². The first-order valence-electron chi connectivity index (χ1n) is 4.10. The Bertz CT molecular complexity index is 87.1. The van der Waals surface area contributed by atoms with Crippen LogP contribution in [0.15, 0.2) is 4.99 Å². The summed E-state index contributed by atoms with van der Waals surface area (Å²) in [6.07, 6.45) is 6.92. The Labute approximate surface area is 87.8 Å². The van der Waals surface area contributed by atoms with Crippen LogP contribution < -0.4 is 5.73 Å². The van der Waals surface area contributed by atoms with Crippen molar-refractivity contribution in [2.75, 3.05) is 13.1 Å². The zero-order valence-corrected chi connectivity index (χ0v) is 9.29. The number of hydrogen-bond donors (Lipinski definition) is 1. The molecular weight excluding hydrogens is 195 g/mol. The molecule has 0 fully saturated rings. The summed E-state index contributed by atoms with van der Waals surface area (Å²) in [6.45, 7) is 3.74. The molecule has 0 aromatic rings. The largest absolute Gasteiger partial charge is 0.326 e. The van der Waals surface area contributed by atoms with Crippen molar-refractivity contribution < 1.29 is 0 Å². The second kappa shape index (κ2) is 17.3. The predicted octanol–water partition coefficient (Wildman–Crippen LogP) is 2.44. The molecule has 0 saturated heterocycles. The van der Waals surface area contributed by atoms with E-state index < -0.39 is 0 Å². The van der Waals surface area contributed by atoms with E-state index in [-0.39, 0.29) is 24.8 Å². The smallest absolute Gasteiger partial charge is 0.0385 e. The van der Waals surface area contributed by atoms with E-state index in [9.17, 15) is 0 Å². The Hall–Kier alpha value is 0.210. The number of hydrogen-bond acceptors (Lipinski definition) is 2. The van der Waals surface area contributed by atoms with Crippen LogP contribution in [0.2, 0.25) is 0 Å². The number of unbranched alkanes of at least 4 members (excludes halogenated alkanes) is 3. The van der Waals surface area contributed by atoms with Gasteiger partial charge in [-0.25, -0.2) is 0 Å². The molecule has 12 heavy (non-hydrogen) atoms. The van der Waals surface area contributed by atoms with Crippen molar-refractivity contribution in [3.05, 3.63) is 0 Å². The van der Waals surface area contributed by atoms with Gasteiger partial charge in [-0.05, 0) is 6.42 Å². The monoisotopic (exact) mass is 214 g/mol. The average Bonchev–Trinajstić information content (AvgIpc) is 1.97. The second-order valence-corrected chi connectivity index (χ2v) is 2.39. The van der Waals surface area contributed by atoms with Crippen LogP contribution in [0.3, 0.4) is 0 Å². The molecule has 2 N–H and O–H groups in total. The van der Waals surface area contributed by atoms with Crippen molar-refractivity contribution >= 4 is 31.0 Å². The molecule has 0 aromatic heterocycles. The summed E-state index contributed by atoms with van der Waals surface area (Å²) in [7, 11) is 0. The molecule has 2 nitrogen and oxygen atoms in total. The summed E-state index contributed by atoms with van der Waals surface area (Å²) in [5, 5.41) is 0. The van der Waals surface area contributed by atoms with Gasteiger partial charge in [0.05, 0.1) is 0 Å². The maximum Gasteiger partial charge on any atom is 0.0385 e. The van der Waals surface area contributed by atoms with E-state index in [1.54, 1.807) is 6.21 Å². The maximum atomic E-state index is 5.22. The summed E-state index contributed by atoms with van der Waals surface area (Å²) in [6, 6.07) is 0. The molecule has 0 aliphatic carbocycles. The van der Waals surface area contributed by atoms with Gasteiger partial charge < -0.3 is 5.73 Å². The molecule has 0 bridgehead atoms. The van der Waals surface area contributed by atoms with Gasteiger partial charge >= 0.3 is 0 Å². The van der Waals surface area contributed by atoms with Crippen molar-refractivity contribution in [2.24, 2.45) is 10.7 Å². The van der Waals surface area contributed by atoms with E-state index >= 15 is 0 Å². The maximum absolute atomic E-state index is 5.22. The Morgan fingerprint density at radius 3 is 2.33 bits per heavy atom. The van der Waals surface area contributed by atoms with Gasteiger partial charge in [-0.3, -0.25) is 4.99 Å². The molecule has 0 radical (unpaired) electrons. The first-order valence-corrected chi connectivity index (χ1v) is 4.10. The third-order valence-electron chi connectivity index (χ3n) is 1.38. The van der Waals surface area contributed by atoms with Crippen LogP contribution in [0.4, 0.5) is 0 Å². The lowest BCUT2D eigenvalue weighted by molar-refractivity contribution is 0.675. The second-order valence-electron chi connectivity index (χ2n) is 2.39. The lowest BCUT2D eigenvalue weighted by atomic mass is 10.2. The topological polar surface area (TPSA) is 38.4 Å². The summed E-state index contributed by atoms with van der Waals surface area (Å²) in [5.74, 6) is 0. The molecule has 0 heterocycles. The van der Waals surface area contributed by atoms with Gasteiger partial charge in [-0.15, -0.1) is 24.8 Å². The third-order valence-corrected chi connectivity index (χ3v) is 1.38. The first-order chi connectivity index (χ1) is 4.91. The highest BCUT2D eigenvalue weighted by molar-refractivity contribution is 5.85. The fraction of sp³-hybridized carbons (Fsp3) is 0.875. The van der Waals surface area contributed by atoms with Crippen LogP contribution in [0.25, 0.3) is 0 Å². The highest BCUT2D eigenvalue weighted by Gasteiger charge is 1.83. The lowest BCUT2D eigenvalue weighted by Crippen LogP contribution is -1.99. The molecule has 76 valence electrons. The summed E-state index contributed by atoms with van der Waals surface area (Å²) >= 11 is 0. The van der Waals surface area contributed by atoms with Gasteiger partial charge in [0.2, 0.25) is 0 Å². The fourth-order valence-corrected chi connectivity index (χ4v) is 0.796. The van der Waals surface area contributed by atoms with Crippen molar-refractivity contribution in [3.63, 3.8) is 0 Å². The van der Waals surface area contributed by atoms with Gasteiger partial charge in [0.1, 0.15) is 0 Å². The predicted molar refractivity (Wildman–Crippen MR) is 61.1 cm³/mol. The molecule has 4 heteroatoms. The zero-order chi connectivity index (χ0) is 7.66. The van der Waals surface area contributed by atoms with Crippen molar-refractivity contribution in [1.82, 2.24) is 0 Å². The minimum Gasteiger partial charge on any atom is -0.326 e. The number of nitrogens with two attached hydrogens (primary N) is 1. The minimum absolute atomic E-state index is 0. The van der Waals surface area contributed by atoms with Gasteiger partial charge in [-0.2, -0.15) is 0 Å². The van der Waals surface area contributed by atoms with Crippen LogP contribution in [-0.4, -0.2) is 19.3 Å². The molecule has 0 spiro atoms. The van der Waals surface area contributed by atoms with Crippen molar-refractivity contribution in [1.29, 1.82) is 0 Å². The molecular formula is C8H20Cl2N2. The average molecular weight is 215 g/mol. The number of nitrogens with zero attached hydrogens (tertiary/aromatic N) is 1. The molecule has 0 unspecified atom stereocenters. The van der Waals surface area contributed by atoms with Crippen LogP contribution in [0, 0.1) is 0 Å². The molecule has 0 aromatic carbocycles. The van der Waals surface area contributed by atoms with Gasteiger partial charge in [-0.1, -0.05) is 26.2 Å². The number of aliphatic imine (C=N–C) groups is 1. The van der Waals surface area contributed by atoms with Gasteiger partial charge in [0.15, 0.2) is 0 Å². The molecule has 0 amide bonds. The molecule has 0 aliphatic heterocycles. The van der Waals surface area contributed by atoms with E-state index in [1.165, 1.54) is 25.7 Å². The summed E-state index contributed by atoms with van der Waals surface area (Å²) < 4.78 is 0. The van der Waals surface area contributed by atoms with E-state index in [2.05, 4.69) is 11.9 Å². The first kappa shape index (κ1) is 18.1. The molecule has 0 atom stereocenters. The zero-order valence-electron chi connectivity index (χ0n) is 7.66. The quantitative estimate of drug-likeness (QED) is 0.536. The number of halogens is 2. The SMILES string of the molecule is CCCCCCN=CCN.Cl.Cl. The van der Waals surface area contributed by atoms with Gasteiger partial charge in [0, 0.05) is 19.3 Å². The van der Waals surface area contributed by atoms with Crippen LogP contribution in [0.5, 0.6) is 0 Å². The van der Waals surface area contributed by atoms with Crippen LogP contribution in [-0.2, 0) is 0 Å². The molecule has 0 rings (SSSR count). The summed E-state index contributed by atoms with van der Waals surface area (Å²) in [5.41, 5.74) is 5.22. The summed E-state index contributed by atoms with van der Waals surface area (Å²) in [4.78, 5) is 4.11. The Morgan fingerprint density at radius 1 is 1.17 bits per heavy atom. The van der Waals surface area contributed by atoms with E-state index in [4.69, 9.17) is 5.73 Å². The molecule has 0 saturated carbocycles. The highest BCUT2D eigenvalue weighted by Crippen LogP contribution is 1.97. The lowest BCUT2D eigenvalue weighted by Gasteiger charge is -1.93. The highest BCUT2D eigenvalue weighted by atomic mass is 35.5. The van der Waals surface area contributed by atoms with Crippen molar-refractivity contribution in [2.45, 2.75) is 32.6 Å².